The summed E-state index contributed by atoms with van der Waals surface area (Å²) >= 11 is 0. The van der Waals surface area contributed by atoms with E-state index in [1.807, 2.05) is 13.8 Å². The number of amides is 1. The number of nitrogens with zero attached hydrogens (tertiary/aromatic N) is 3. The van der Waals surface area contributed by atoms with E-state index in [9.17, 15) is 4.79 Å². The van der Waals surface area contributed by atoms with Crippen molar-refractivity contribution in [3.8, 4) is 11.8 Å². The van der Waals surface area contributed by atoms with E-state index in [1.54, 1.807) is 30.1 Å². The smallest absolute Gasteiger partial charge is 0.231 e. The first-order chi connectivity index (χ1) is 9.91. The predicted molar refractivity (Wildman–Crippen MR) is 78.1 cm³/mol. The summed E-state index contributed by atoms with van der Waals surface area (Å²) in [5.41, 5.74) is 1.36. The number of hydrogen-bond acceptors (Lipinski definition) is 4. The lowest BCUT2D eigenvalue weighted by Gasteiger charge is -2.31. The van der Waals surface area contributed by atoms with Gasteiger partial charge in [-0.25, -0.2) is 4.99 Å². The standard InChI is InChI=1S/C16H17N3O2/c1-16(2)18-14(11-6-7-19(3)15(11)20)12-8-10(9-17)4-5-13(12)21-16/h4-5,8,11H,6-7H2,1-3H3. The summed E-state index contributed by atoms with van der Waals surface area (Å²) in [6.45, 7) is 4.48. The van der Waals surface area contributed by atoms with Crippen molar-refractivity contribution in [1.29, 1.82) is 5.26 Å². The highest BCUT2D eigenvalue weighted by Crippen LogP contribution is 2.35. The normalized spacial score (nSPS) is 23.1. The summed E-state index contributed by atoms with van der Waals surface area (Å²) in [7, 11) is 1.81. The molecular weight excluding hydrogens is 266 g/mol. The molecule has 0 spiro atoms. The summed E-state index contributed by atoms with van der Waals surface area (Å²) in [6.07, 6.45) is 0.750. The molecule has 1 unspecified atom stereocenters. The molecule has 1 fully saturated rings. The van der Waals surface area contributed by atoms with Gasteiger partial charge in [-0.1, -0.05) is 0 Å². The minimum Gasteiger partial charge on any atom is -0.466 e. The average Bonchev–Trinajstić information content (AvgIpc) is 2.77. The van der Waals surface area contributed by atoms with Crippen molar-refractivity contribution in [1.82, 2.24) is 4.90 Å². The molecule has 2 aliphatic heterocycles. The van der Waals surface area contributed by atoms with Crippen LogP contribution in [0.1, 0.15) is 31.4 Å². The molecule has 1 aromatic rings. The summed E-state index contributed by atoms with van der Waals surface area (Å²) in [4.78, 5) is 18.7. The molecule has 3 rings (SSSR count). The zero-order valence-electron chi connectivity index (χ0n) is 12.4. The van der Waals surface area contributed by atoms with Gasteiger partial charge in [0, 0.05) is 19.2 Å². The van der Waals surface area contributed by atoms with Gasteiger partial charge in [0.05, 0.1) is 23.3 Å². The maximum absolute atomic E-state index is 12.3. The molecule has 5 heteroatoms. The predicted octanol–water partition coefficient (Wildman–Crippen LogP) is 1.95. The third kappa shape index (κ3) is 2.27. The van der Waals surface area contributed by atoms with E-state index in [4.69, 9.17) is 10.00 Å². The summed E-state index contributed by atoms with van der Waals surface area (Å²) in [5.74, 6) is 0.525. The second-order valence-corrected chi connectivity index (χ2v) is 5.97. The SMILES string of the molecule is CN1CCC(C2=NC(C)(C)Oc3ccc(C#N)cc32)C1=O. The van der Waals surface area contributed by atoms with Gasteiger partial charge in [-0.2, -0.15) is 5.26 Å². The van der Waals surface area contributed by atoms with Crippen molar-refractivity contribution in [2.45, 2.75) is 26.0 Å². The summed E-state index contributed by atoms with van der Waals surface area (Å²) in [6, 6.07) is 7.39. The van der Waals surface area contributed by atoms with Gasteiger partial charge in [-0.05, 0) is 38.5 Å². The van der Waals surface area contributed by atoms with Crippen LogP contribution in [-0.2, 0) is 4.79 Å². The topological polar surface area (TPSA) is 65.7 Å². The Labute approximate surface area is 123 Å². The lowest BCUT2D eigenvalue weighted by molar-refractivity contribution is -0.128. The number of aliphatic imine (C=N–C) groups is 1. The molecule has 1 aromatic carbocycles. The third-order valence-electron chi connectivity index (χ3n) is 3.89. The average molecular weight is 283 g/mol. The quantitative estimate of drug-likeness (QED) is 0.791. The molecule has 0 radical (unpaired) electrons. The third-order valence-corrected chi connectivity index (χ3v) is 3.89. The van der Waals surface area contributed by atoms with E-state index < -0.39 is 5.72 Å². The molecule has 2 aliphatic rings. The van der Waals surface area contributed by atoms with Gasteiger partial charge in [0.1, 0.15) is 5.75 Å². The molecule has 1 amide bonds. The van der Waals surface area contributed by atoms with Crippen LogP contribution < -0.4 is 4.74 Å². The summed E-state index contributed by atoms with van der Waals surface area (Å²) in [5, 5.41) is 9.08. The second-order valence-electron chi connectivity index (χ2n) is 5.97. The van der Waals surface area contributed by atoms with Crippen molar-refractivity contribution in [3.63, 3.8) is 0 Å². The Hall–Kier alpha value is -2.35. The van der Waals surface area contributed by atoms with Gasteiger partial charge in [0.15, 0.2) is 5.72 Å². The highest BCUT2D eigenvalue weighted by molar-refractivity contribution is 6.15. The number of ether oxygens (including phenoxy) is 1. The van der Waals surface area contributed by atoms with Crippen LogP contribution in [-0.4, -0.2) is 35.8 Å². The first-order valence-electron chi connectivity index (χ1n) is 6.99. The van der Waals surface area contributed by atoms with E-state index in [0.29, 0.717) is 11.3 Å². The van der Waals surface area contributed by atoms with Crippen LogP contribution in [0.4, 0.5) is 0 Å². The second kappa shape index (κ2) is 4.59. The Morgan fingerprint density at radius 3 is 2.86 bits per heavy atom. The van der Waals surface area contributed by atoms with Crippen LogP contribution in [0.2, 0.25) is 0 Å². The highest BCUT2D eigenvalue weighted by Gasteiger charge is 2.39. The van der Waals surface area contributed by atoms with Crippen LogP contribution in [0.15, 0.2) is 23.2 Å². The lowest BCUT2D eigenvalue weighted by Crippen LogP contribution is -2.37. The molecule has 21 heavy (non-hydrogen) atoms. The van der Waals surface area contributed by atoms with Crippen LogP contribution >= 0.6 is 0 Å². The first kappa shape index (κ1) is 13.6. The number of carbonyl (C=O) groups excluding carboxylic acids is 1. The van der Waals surface area contributed by atoms with Crippen LogP contribution in [0.5, 0.6) is 5.75 Å². The number of fused-ring (bicyclic) bond motifs is 1. The van der Waals surface area contributed by atoms with Gasteiger partial charge >= 0.3 is 0 Å². The van der Waals surface area contributed by atoms with Gasteiger partial charge < -0.3 is 9.64 Å². The maximum Gasteiger partial charge on any atom is 0.231 e. The fourth-order valence-corrected chi connectivity index (χ4v) is 2.87. The minimum atomic E-state index is -0.696. The van der Waals surface area contributed by atoms with E-state index >= 15 is 0 Å². The van der Waals surface area contributed by atoms with Crippen molar-refractivity contribution >= 4 is 11.6 Å². The number of benzene rings is 1. The van der Waals surface area contributed by atoms with Gasteiger partial charge in [-0.3, -0.25) is 4.79 Å². The van der Waals surface area contributed by atoms with Gasteiger partial charge in [0.25, 0.3) is 0 Å². The molecular formula is C16H17N3O2. The number of hydrogen-bond donors (Lipinski definition) is 0. The van der Waals surface area contributed by atoms with Crippen molar-refractivity contribution in [2.75, 3.05) is 13.6 Å². The molecule has 0 bridgehead atoms. The summed E-state index contributed by atoms with van der Waals surface area (Å²) < 4.78 is 5.85. The zero-order valence-corrected chi connectivity index (χ0v) is 12.4. The maximum atomic E-state index is 12.3. The largest absolute Gasteiger partial charge is 0.466 e. The molecule has 0 N–H and O–H groups in total. The highest BCUT2D eigenvalue weighted by atomic mass is 16.5. The number of nitriles is 1. The molecule has 0 aliphatic carbocycles. The Kier molecular flexibility index (Phi) is 2.98. The van der Waals surface area contributed by atoms with E-state index in [1.165, 1.54) is 0 Å². The number of rotatable bonds is 1. The van der Waals surface area contributed by atoms with Gasteiger partial charge in [-0.15, -0.1) is 0 Å². The van der Waals surface area contributed by atoms with Crippen LogP contribution in [0.3, 0.4) is 0 Å². The van der Waals surface area contributed by atoms with Crippen molar-refractivity contribution < 1.29 is 9.53 Å². The molecule has 1 saturated heterocycles. The molecule has 1 atom stereocenters. The lowest BCUT2D eigenvalue weighted by atomic mass is 9.92. The van der Waals surface area contributed by atoms with Crippen molar-refractivity contribution in [2.24, 2.45) is 10.9 Å². The fraction of sp³-hybridized carbons (Fsp3) is 0.438. The van der Waals surface area contributed by atoms with Crippen LogP contribution in [0.25, 0.3) is 0 Å². The van der Waals surface area contributed by atoms with Gasteiger partial charge in [0.2, 0.25) is 5.91 Å². The molecule has 108 valence electrons. The fourth-order valence-electron chi connectivity index (χ4n) is 2.87. The Morgan fingerprint density at radius 2 is 2.24 bits per heavy atom. The van der Waals surface area contributed by atoms with Crippen molar-refractivity contribution in [3.05, 3.63) is 29.3 Å². The zero-order chi connectivity index (χ0) is 15.2. The minimum absolute atomic E-state index is 0.0831. The van der Waals surface area contributed by atoms with E-state index in [2.05, 4.69) is 11.1 Å². The Balaban J connectivity index is 2.12. The monoisotopic (exact) mass is 283 g/mol. The molecule has 0 saturated carbocycles. The number of likely N-dealkylation sites (tertiary alicyclic amines) is 1. The Morgan fingerprint density at radius 1 is 1.48 bits per heavy atom. The van der Waals surface area contributed by atoms with Crippen LogP contribution in [0, 0.1) is 17.2 Å². The van der Waals surface area contributed by atoms with E-state index in [0.717, 1.165) is 24.2 Å². The molecule has 5 nitrogen and oxygen atoms in total. The first-order valence-corrected chi connectivity index (χ1v) is 6.99. The Bertz CT molecular complexity index is 685. The number of carbonyl (C=O) groups is 1. The molecule has 2 heterocycles. The molecule has 0 aromatic heterocycles. The van der Waals surface area contributed by atoms with E-state index in [-0.39, 0.29) is 11.8 Å².